The average molecular weight is 469 g/mol. The maximum Gasteiger partial charge on any atom is 0.261 e. The molecule has 1 aliphatic rings. The first-order valence-corrected chi connectivity index (χ1v) is 13.1. The van der Waals surface area contributed by atoms with E-state index in [2.05, 4.69) is 32.4 Å². The lowest BCUT2D eigenvalue weighted by Crippen LogP contribution is -2.27. The topological polar surface area (TPSA) is 102 Å². The molecule has 1 saturated carbocycles. The van der Waals surface area contributed by atoms with Crippen molar-refractivity contribution in [2.24, 2.45) is 18.9 Å². The predicted molar refractivity (Wildman–Crippen MR) is 129 cm³/mol. The van der Waals surface area contributed by atoms with Crippen LogP contribution in [0.25, 0.3) is 11.4 Å². The molecule has 1 aliphatic carbocycles. The van der Waals surface area contributed by atoms with Crippen molar-refractivity contribution in [1.82, 2.24) is 25.5 Å². The average Bonchev–Trinajstić information content (AvgIpc) is 3.27. The van der Waals surface area contributed by atoms with Gasteiger partial charge in [-0.05, 0) is 59.5 Å². The number of aryl methyl sites for hydroxylation is 1. The van der Waals surface area contributed by atoms with Crippen molar-refractivity contribution in [2.45, 2.75) is 50.5 Å². The summed E-state index contributed by atoms with van der Waals surface area (Å²) >= 11 is 0. The zero-order valence-electron chi connectivity index (χ0n) is 19.2. The van der Waals surface area contributed by atoms with E-state index in [0.29, 0.717) is 29.5 Å². The second kappa shape index (κ2) is 10.4. The molecule has 0 spiro atoms. The number of benzene rings is 2. The number of aromatic nitrogens is 4. The van der Waals surface area contributed by atoms with Crippen LogP contribution >= 0.6 is 0 Å². The summed E-state index contributed by atoms with van der Waals surface area (Å²) in [5.74, 6) is 1.87. The molecule has 1 unspecified atom stereocenters. The van der Waals surface area contributed by atoms with E-state index in [-0.39, 0.29) is 4.90 Å². The highest BCUT2D eigenvalue weighted by molar-refractivity contribution is 7.92. The van der Waals surface area contributed by atoms with Gasteiger partial charge in [-0.2, -0.15) is 4.80 Å². The minimum absolute atomic E-state index is 0.184. The number of tetrazole rings is 1. The smallest absolute Gasteiger partial charge is 0.261 e. The van der Waals surface area contributed by atoms with Crippen molar-refractivity contribution in [3.05, 3.63) is 54.1 Å². The van der Waals surface area contributed by atoms with Gasteiger partial charge in [0.1, 0.15) is 0 Å². The Morgan fingerprint density at radius 3 is 2.48 bits per heavy atom. The number of sulfonamides is 1. The molecule has 1 fully saturated rings. The quantitative estimate of drug-likeness (QED) is 0.492. The summed E-state index contributed by atoms with van der Waals surface area (Å²) in [5.41, 5.74) is 2.23. The zero-order valence-corrected chi connectivity index (χ0v) is 20.1. The van der Waals surface area contributed by atoms with E-state index in [1.807, 2.05) is 18.2 Å². The Morgan fingerprint density at radius 2 is 1.79 bits per heavy atom. The number of hydrogen-bond acceptors (Lipinski definition) is 6. The van der Waals surface area contributed by atoms with Gasteiger partial charge in [-0.1, -0.05) is 57.2 Å². The van der Waals surface area contributed by atoms with Crippen LogP contribution in [0.3, 0.4) is 0 Å². The highest BCUT2D eigenvalue weighted by Gasteiger charge is 2.20. The van der Waals surface area contributed by atoms with Gasteiger partial charge in [0.25, 0.3) is 10.0 Å². The van der Waals surface area contributed by atoms with Gasteiger partial charge >= 0.3 is 0 Å². The molecular formula is C24H32N6O2S. The second-order valence-electron chi connectivity index (χ2n) is 8.90. The standard InChI is InChI=1S/C24H32N6O2S/c1-18(19-8-4-3-5-9-19)16-25-17-21-10-6-7-11-23(21)28-33(31,32)22-14-12-20(13-15-22)24-26-29-30(2)27-24/h6-7,10-15,18-19,25,28H,3-5,8-9,16-17H2,1-2H3. The maximum absolute atomic E-state index is 13.0. The highest BCUT2D eigenvalue weighted by atomic mass is 32.2. The van der Waals surface area contributed by atoms with E-state index < -0.39 is 10.0 Å². The van der Waals surface area contributed by atoms with Gasteiger partial charge in [0, 0.05) is 12.1 Å². The van der Waals surface area contributed by atoms with Crippen LogP contribution in [-0.2, 0) is 23.6 Å². The fourth-order valence-corrected chi connectivity index (χ4v) is 5.57. The van der Waals surface area contributed by atoms with Gasteiger partial charge < -0.3 is 5.32 Å². The van der Waals surface area contributed by atoms with E-state index in [9.17, 15) is 8.42 Å². The fourth-order valence-electron chi connectivity index (χ4n) is 4.46. The van der Waals surface area contributed by atoms with Crippen molar-refractivity contribution in [3.63, 3.8) is 0 Å². The summed E-state index contributed by atoms with van der Waals surface area (Å²) < 4.78 is 28.8. The van der Waals surface area contributed by atoms with Crippen molar-refractivity contribution in [2.75, 3.05) is 11.3 Å². The van der Waals surface area contributed by atoms with Crippen molar-refractivity contribution >= 4 is 15.7 Å². The molecule has 1 heterocycles. The Balaban J connectivity index is 1.40. The van der Waals surface area contributed by atoms with Gasteiger partial charge in [0.15, 0.2) is 0 Å². The summed E-state index contributed by atoms with van der Waals surface area (Å²) in [6.07, 6.45) is 6.70. The second-order valence-corrected chi connectivity index (χ2v) is 10.6. The molecule has 1 aromatic heterocycles. The summed E-state index contributed by atoms with van der Waals surface area (Å²) in [5, 5.41) is 15.4. The number of nitrogens with one attached hydrogen (secondary N) is 2. The van der Waals surface area contributed by atoms with E-state index in [4.69, 9.17) is 0 Å². The Morgan fingerprint density at radius 1 is 1.06 bits per heavy atom. The van der Waals surface area contributed by atoms with Crippen LogP contribution < -0.4 is 10.0 Å². The number of hydrogen-bond donors (Lipinski definition) is 2. The number of nitrogens with zero attached hydrogens (tertiary/aromatic N) is 4. The number of para-hydroxylation sites is 1. The molecule has 0 radical (unpaired) electrons. The molecule has 0 saturated heterocycles. The fraction of sp³-hybridized carbons (Fsp3) is 0.458. The number of rotatable bonds is 9. The Hall–Kier alpha value is -2.78. The summed E-state index contributed by atoms with van der Waals surface area (Å²) in [4.78, 5) is 1.55. The summed E-state index contributed by atoms with van der Waals surface area (Å²) in [7, 11) is -2.04. The SMILES string of the molecule is CC(CNCc1ccccc1NS(=O)(=O)c1ccc(-c2nnn(C)n2)cc1)C1CCCCC1. The monoisotopic (exact) mass is 468 g/mol. The van der Waals surface area contributed by atoms with Crippen LogP contribution in [0.2, 0.25) is 0 Å². The third-order valence-electron chi connectivity index (χ3n) is 6.43. The van der Waals surface area contributed by atoms with E-state index >= 15 is 0 Å². The van der Waals surface area contributed by atoms with Gasteiger partial charge in [-0.3, -0.25) is 4.72 Å². The van der Waals surface area contributed by atoms with Gasteiger partial charge in [0.2, 0.25) is 5.82 Å². The van der Waals surface area contributed by atoms with Gasteiger partial charge in [-0.25, -0.2) is 8.42 Å². The van der Waals surface area contributed by atoms with Crippen molar-refractivity contribution in [1.29, 1.82) is 0 Å². The van der Waals surface area contributed by atoms with E-state index in [1.54, 1.807) is 37.4 Å². The van der Waals surface area contributed by atoms with Crippen LogP contribution in [0, 0.1) is 11.8 Å². The molecule has 3 aromatic rings. The minimum atomic E-state index is -3.73. The molecule has 176 valence electrons. The first-order chi connectivity index (χ1) is 15.9. The molecule has 33 heavy (non-hydrogen) atoms. The van der Waals surface area contributed by atoms with Gasteiger partial charge in [0.05, 0.1) is 17.6 Å². The summed E-state index contributed by atoms with van der Waals surface area (Å²) in [6.45, 7) is 3.87. The van der Waals surface area contributed by atoms with Crippen molar-refractivity contribution < 1.29 is 8.42 Å². The van der Waals surface area contributed by atoms with Crippen molar-refractivity contribution in [3.8, 4) is 11.4 Å². The lowest BCUT2D eigenvalue weighted by Gasteiger charge is -2.28. The molecule has 0 aliphatic heterocycles. The predicted octanol–water partition coefficient (Wildman–Crippen LogP) is 3.98. The summed E-state index contributed by atoms with van der Waals surface area (Å²) in [6, 6.07) is 14.0. The lowest BCUT2D eigenvalue weighted by molar-refractivity contribution is 0.256. The molecule has 1 atom stereocenters. The van der Waals surface area contributed by atoms with Gasteiger partial charge in [-0.15, -0.1) is 10.2 Å². The van der Waals surface area contributed by atoms with E-state index in [0.717, 1.165) is 18.0 Å². The molecule has 2 N–H and O–H groups in total. The first kappa shape index (κ1) is 23.4. The largest absolute Gasteiger partial charge is 0.312 e. The van der Waals surface area contributed by atoms with Crippen LogP contribution in [0.4, 0.5) is 5.69 Å². The Bertz CT molecular complexity index is 1150. The first-order valence-electron chi connectivity index (χ1n) is 11.6. The molecule has 8 nitrogen and oxygen atoms in total. The molecule has 9 heteroatoms. The Labute approximate surface area is 195 Å². The molecule has 4 rings (SSSR count). The minimum Gasteiger partial charge on any atom is -0.312 e. The third kappa shape index (κ3) is 5.97. The van der Waals surface area contributed by atoms with Crippen LogP contribution in [0.5, 0.6) is 0 Å². The molecular weight excluding hydrogens is 436 g/mol. The van der Waals surface area contributed by atoms with Crippen LogP contribution in [-0.4, -0.2) is 35.2 Å². The highest BCUT2D eigenvalue weighted by Crippen LogP contribution is 2.29. The molecule has 0 amide bonds. The zero-order chi connectivity index (χ0) is 23.3. The lowest BCUT2D eigenvalue weighted by atomic mass is 9.81. The molecule has 0 bridgehead atoms. The Kier molecular flexibility index (Phi) is 7.39. The van der Waals surface area contributed by atoms with Crippen LogP contribution in [0.15, 0.2) is 53.4 Å². The third-order valence-corrected chi connectivity index (χ3v) is 7.81. The molecule has 2 aromatic carbocycles. The normalized spacial score (nSPS) is 15.9. The van der Waals surface area contributed by atoms with E-state index in [1.165, 1.54) is 36.9 Å². The number of anilines is 1. The van der Waals surface area contributed by atoms with Crippen LogP contribution in [0.1, 0.15) is 44.6 Å². The maximum atomic E-state index is 13.0.